The molecule has 0 spiro atoms. The first-order valence-corrected chi connectivity index (χ1v) is 8.68. The number of hydrogen-bond acceptors (Lipinski definition) is 6. The van der Waals surface area contributed by atoms with Gasteiger partial charge >= 0.3 is 0 Å². The molecule has 1 N–H and O–H groups in total. The monoisotopic (exact) mass is 400 g/mol. The van der Waals surface area contributed by atoms with E-state index in [0.29, 0.717) is 52.5 Å². The van der Waals surface area contributed by atoms with E-state index in [0.717, 1.165) is 0 Å². The maximum atomic E-state index is 12.5. The summed E-state index contributed by atoms with van der Waals surface area (Å²) in [6.07, 6.45) is 1.45. The number of carbonyl (C=O) groups is 1. The van der Waals surface area contributed by atoms with Gasteiger partial charge in [0.2, 0.25) is 5.75 Å². The molecule has 0 radical (unpaired) electrons. The van der Waals surface area contributed by atoms with E-state index in [4.69, 9.17) is 30.5 Å². The Morgan fingerprint density at radius 2 is 1.93 bits per heavy atom. The normalized spacial score (nSPS) is 12.7. The SMILES string of the molecule is COc1ccc(NC(=O)/C(C#N)=C/c2cc(OC)c3c(c2)OCCO3)cc1Cl. The van der Waals surface area contributed by atoms with Crippen LogP contribution in [-0.4, -0.2) is 33.3 Å². The van der Waals surface area contributed by atoms with Crippen molar-refractivity contribution in [3.05, 3.63) is 46.5 Å². The van der Waals surface area contributed by atoms with Crippen molar-refractivity contribution in [1.82, 2.24) is 0 Å². The number of rotatable bonds is 5. The topological polar surface area (TPSA) is 89.8 Å². The molecule has 2 aromatic rings. The van der Waals surface area contributed by atoms with Crippen LogP contribution in [0.5, 0.6) is 23.0 Å². The van der Waals surface area contributed by atoms with Gasteiger partial charge in [0.1, 0.15) is 30.6 Å². The minimum absolute atomic E-state index is 0.0920. The predicted molar refractivity (Wildman–Crippen MR) is 104 cm³/mol. The van der Waals surface area contributed by atoms with E-state index in [1.165, 1.54) is 20.3 Å². The summed E-state index contributed by atoms with van der Waals surface area (Å²) in [5, 5.41) is 12.4. The van der Waals surface area contributed by atoms with Crippen LogP contribution in [-0.2, 0) is 4.79 Å². The highest BCUT2D eigenvalue weighted by molar-refractivity contribution is 6.32. The van der Waals surface area contributed by atoms with Crippen LogP contribution in [0.1, 0.15) is 5.56 Å². The Morgan fingerprint density at radius 3 is 2.61 bits per heavy atom. The van der Waals surface area contributed by atoms with Crippen LogP contribution in [0.3, 0.4) is 0 Å². The molecule has 0 unspecified atom stereocenters. The number of methoxy groups -OCH3 is 2. The van der Waals surface area contributed by atoms with Crippen molar-refractivity contribution in [2.45, 2.75) is 0 Å². The van der Waals surface area contributed by atoms with Gasteiger partial charge in [-0.3, -0.25) is 4.79 Å². The van der Waals surface area contributed by atoms with Crippen molar-refractivity contribution in [2.24, 2.45) is 0 Å². The fraction of sp³-hybridized carbons (Fsp3) is 0.200. The Bertz CT molecular complexity index is 964. The molecule has 3 rings (SSSR count). The Morgan fingerprint density at radius 1 is 1.18 bits per heavy atom. The van der Waals surface area contributed by atoms with Gasteiger partial charge in [0.05, 0.1) is 19.2 Å². The van der Waals surface area contributed by atoms with Gasteiger partial charge in [-0.15, -0.1) is 0 Å². The van der Waals surface area contributed by atoms with E-state index < -0.39 is 5.91 Å². The van der Waals surface area contributed by atoms with Gasteiger partial charge in [-0.25, -0.2) is 0 Å². The number of amides is 1. The first-order chi connectivity index (χ1) is 13.5. The molecule has 0 aromatic heterocycles. The molecule has 0 fully saturated rings. The molecule has 2 aromatic carbocycles. The number of nitriles is 1. The lowest BCUT2D eigenvalue weighted by Crippen LogP contribution is -2.16. The number of benzene rings is 2. The summed E-state index contributed by atoms with van der Waals surface area (Å²) in [5.41, 5.74) is 0.919. The maximum Gasteiger partial charge on any atom is 0.266 e. The standard InChI is InChI=1S/C20H17ClN2O5/c1-25-16-4-3-14(10-15(16)21)23-20(24)13(11-22)7-12-8-17(26-2)19-18(9-12)27-5-6-28-19/h3-4,7-10H,5-6H2,1-2H3,(H,23,24)/b13-7+. The molecule has 1 aliphatic rings. The molecule has 1 heterocycles. The van der Waals surface area contributed by atoms with E-state index in [9.17, 15) is 10.1 Å². The molecular formula is C20H17ClN2O5. The van der Waals surface area contributed by atoms with Crippen molar-refractivity contribution in [2.75, 3.05) is 32.8 Å². The number of nitrogens with zero attached hydrogens (tertiary/aromatic N) is 1. The van der Waals surface area contributed by atoms with Crippen LogP contribution >= 0.6 is 11.6 Å². The summed E-state index contributed by atoms with van der Waals surface area (Å²) in [7, 11) is 3.00. The molecule has 0 bridgehead atoms. The summed E-state index contributed by atoms with van der Waals surface area (Å²) in [6, 6.07) is 10.1. The summed E-state index contributed by atoms with van der Waals surface area (Å²) < 4.78 is 21.5. The van der Waals surface area contributed by atoms with Crippen LogP contribution < -0.4 is 24.3 Å². The number of ether oxygens (including phenoxy) is 4. The summed E-state index contributed by atoms with van der Waals surface area (Å²) in [6.45, 7) is 0.835. The van der Waals surface area contributed by atoms with Gasteiger partial charge in [0, 0.05) is 5.69 Å². The second kappa shape index (κ2) is 8.55. The smallest absolute Gasteiger partial charge is 0.266 e. The molecule has 0 aliphatic carbocycles. The number of nitrogens with one attached hydrogen (secondary N) is 1. The zero-order valence-corrected chi connectivity index (χ0v) is 16.0. The van der Waals surface area contributed by atoms with Gasteiger partial charge in [0.25, 0.3) is 5.91 Å². The number of anilines is 1. The van der Waals surface area contributed by atoms with Crippen molar-refractivity contribution < 1.29 is 23.7 Å². The summed E-state index contributed by atoms with van der Waals surface area (Å²) in [4.78, 5) is 12.5. The quantitative estimate of drug-likeness (QED) is 0.608. The Labute approximate surface area is 167 Å². The third-order valence-electron chi connectivity index (χ3n) is 3.94. The molecule has 28 heavy (non-hydrogen) atoms. The third kappa shape index (κ3) is 4.13. The summed E-state index contributed by atoms with van der Waals surface area (Å²) in [5.74, 6) is 1.37. The minimum Gasteiger partial charge on any atom is -0.495 e. The number of carbonyl (C=O) groups excluding carboxylic acids is 1. The first-order valence-electron chi connectivity index (χ1n) is 8.30. The van der Waals surface area contributed by atoms with Gasteiger partial charge in [-0.2, -0.15) is 5.26 Å². The second-order valence-electron chi connectivity index (χ2n) is 5.72. The lowest BCUT2D eigenvalue weighted by atomic mass is 10.1. The molecule has 1 amide bonds. The van der Waals surface area contributed by atoms with Crippen LogP contribution in [0.15, 0.2) is 35.9 Å². The van der Waals surface area contributed by atoms with Gasteiger partial charge in [-0.05, 0) is 42.0 Å². The molecular weight excluding hydrogens is 384 g/mol. The van der Waals surface area contributed by atoms with Crippen LogP contribution in [0, 0.1) is 11.3 Å². The van der Waals surface area contributed by atoms with Crippen molar-refractivity contribution in [3.8, 4) is 29.1 Å². The van der Waals surface area contributed by atoms with E-state index in [1.54, 1.807) is 30.3 Å². The van der Waals surface area contributed by atoms with E-state index in [-0.39, 0.29) is 5.57 Å². The van der Waals surface area contributed by atoms with E-state index >= 15 is 0 Å². The molecule has 7 nitrogen and oxygen atoms in total. The van der Waals surface area contributed by atoms with Crippen molar-refractivity contribution in [1.29, 1.82) is 5.26 Å². The fourth-order valence-electron chi connectivity index (χ4n) is 2.63. The van der Waals surface area contributed by atoms with Crippen molar-refractivity contribution in [3.63, 3.8) is 0 Å². The predicted octanol–water partition coefficient (Wildman–Crippen LogP) is 3.67. The molecule has 0 saturated carbocycles. The molecule has 8 heteroatoms. The van der Waals surface area contributed by atoms with E-state index in [2.05, 4.69) is 5.32 Å². The van der Waals surface area contributed by atoms with Gasteiger partial charge < -0.3 is 24.3 Å². The highest BCUT2D eigenvalue weighted by atomic mass is 35.5. The highest BCUT2D eigenvalue weighted by Gasteiger charge is 2.19. The highest BCUT2D eigenvalue weighted by Crippen LogP contribution is 2.40. The second-order valence-corrected chi connectivity index (χ2v) is 6.13. The number of halogens is 1. The first kappa shape index (κ1) is 19.4. The average Bonchev–Trinajstić information content (AvgIpc) is 2.71. The largest absolute Gasteiger partial charge is 0.495 e. The molecule has 1 aliphatic heterocycles. The zero-order valence-electron chi connectivity index (χ0n) is 15.2. The lowest BCUT2D eigenvalue weighted by Gasteiger charge is -2.21. The number of fused-ring (bicyclic) bond motifs is 1. The van der Waals surface area contributed by atoms with E-state index in [1.807, 2.05) is 6.07 Å². The van der Waals surface area contributed by atoms with Crippen LogP contribution in [0.2, 0.25) is 5.02 Å². The average molecular weight is 401 g/mol. The molecule has 144 valence electrons. The minimum atomic E-state index is -0.572. The van der Waals surface area contributed by atoms with Gasteiger partial charge in [0.15, 0.2) is 11.5 Å². The zero-order chi connectivity index (χ0) is 20.1. The lowest BCUT2D eigenvalue weighted by molar-refractivity contribution is -0.112. The van der Waals surface area contributed by atoms with Gasteiger partial charge in [-0.1, -0.05) is 11.6 Å². The Balaban J connectivity index is 1.86. The summed E-state index contributed by atoms with van der Waals surface area (Å²) >= 11 is 6.06. The van der Waals surface area contributed by atoms with Crippen molar-refractivity contribution >= 4 is 29.3 Å². The fourth-order valence-corrected chi connectivity index (χ4v) is 2.89. The Kier molecular flexibility index (Phi) is 5.92. The van der Waals surface area contributed by atoms with Crippen LogP contribution in [0.25, 0.3) is 6.08 Å². The maximum absolute atomic E-state index is 12.5. The molecule has 0 atom stereocenters. The van der Waals surface area contributed by atoms with Crippen LogP contribution in [0.4, 0.5) is 5.69 Å². The molecule has 0 saturated heterocycles. The Hall–Kier alpha value is -3.37. The third-order valence-corrected chi connectivity index (χ3v) is 4.23. The number of hydrogen-bond donors (Lipinski definition) is 1.